The molecule has 1 amide bonds. The first kappa shape index (κ1) is 33.0. The quantitative estimate of drug-likeness (QED) is 0.337. The Labute approximate surface area is 267 Å². The Bertz CT molecular complexity index is 1650. The zero-order valence-electron chi connectivity index (χ0n) is 23.9. The maximum Gasteiger partial charge on any atom is 0.377 e. The first-order valence-corrected chi connectivity index (χ1v) is 14.9. The fourth-order valence-corrected chi connectivity index (χ4v) is 5.83. The van der Waals surface area contributed by atoms with Gasteiger partial charge in [-0.05, 0) is 67.4 Å². The molecule has 234 valence electrons. The van der Waals surface area contributed by atoms with Crippen molar-refractivity contribution in [3.63, 3.8) is 0 Å². The zero-order chi connectivity index (χ0) is 32.2. The molecule has 0 saturated heterocycles. The zero-order valence-corrected chi connectivity index (χ0v) is 26.1. The summed E-state index contributed by atoms with van der Waals surface area (Å²) in [4.78, 5) is 49.5. The number of carbonyl (C=O) groups is 3. The summed E-state index contributed by atoms with van der Waals surface area (Å²) in [7, 11) is 0. The molecule has 1 aliphatic carbocycles. The predicted octanol–water partition coefficient (Wildman–Crippen LogP) is 5.19. The standard InChI is InChI=1S/C16H20ClN5O2.C12H10Cl2N2O4/c1-2-20(12-8-4-3-5-9-12)15(23)22-16(24)21(18-19-22)14-11-7-6-10-13(14)17;1-12(11(19)20)5-8(10(17)18)15-16(12)9-3-2-6(13)4-7(9)14/h6-7,10-12H,2-5,8-9H2,1H3;2-4H,5H2,1H3,(H,17,18)(H,19,20). The third kappa shape index (κ3) is 6.74. The second-order valence-corrected chi connectivity index (χ2v) is 11.7. The minimum Gasteiger partial charge on any atom is -0.479 e. The van der Waals surface area contributed by atoms with Gasteiger partial charge in [0, 0.05) is 24.0 Å². The topological polar surface area (TPSA) is 163 Å². The van der Waals surface area contributed by atoms with E-state index in [4.69, 9.17) is 39.9 Å². The molecule has 13 nitrogen and oxygen atoms in total. The number of halogens is 3. The number of nitrogens with zero attached hydrogens (tertiary/aromatic N) is 7. The van der Waals surface area contributed by atoms with Crippen LogP contribution >= 0.6 is 34.8 Å². The van der Waals surface area contributed by atoms with Gasteiger partial charge in [-0.25, -0.2) is 24.2 Å². The van der Waals surface area contributed by atoms with E-state index in [2.05, 4.69) is 15.5 Å². The van der Waals surface area contributed by atoms with E-state index >= 15 is 0 Å². The van der Waals surface area contributed by atoms with E-state index in [9.17, 15) is 24.3 Å². The summed E-state index contributed by atoms with van der Waals surface area (Å²) in [6, 6.07) is 11.0. The van der Waals surface area contributed by atoms with Crippen molar-refractivity contribution in [3.05, 3.63) is 68.0 Å². The smallest absolute Gasteiger partial charge is 0.377 e. The van der Waals surface area contributed by atoms with Crippen LogP contribution in [0.5, 0.6) is 0 Å². The fourth-order valence-electron chi connectivity index (χ4n) is 5.13. The molecule has 0 radical (unpaired) electrons. The molecule has 2 N–H and O–H groups in total. The number of hydrogen-bond donors (Lipinski definition) is 2. The maximum atomic E-state index is 12.8. The van der Waals surface area contributed by atoms with E-state index in [1.54, 1.807) is 29.2 Å². The van der Waals surface area contributed by atoms with Gasteiger partial charge in [0.1, 0.15) is 5.71 Å². The molecule has 1 unspecified atom stereocenters. The molecule has 2 heterocycles. The van der Waals surface area contributed by atoms with Gasteiger partial charge in [-0.3, -0.25) is 0 Å². The van der Waals surface area contributed by atoms with Crippen molar-refractivity contribution in [1.82, 2.24) is 24.7 Å². The Hall–Kier alpha value is -3.94. The number of amides is 1. The van der Waals surface area contributed by atoms with Crippen LogP contribution in [0.25, 0.3) is 5.69 Å². The minimum absolute atomic E-state index is 0.161. The second kappa shape index (κ2) is 13.8. The van der Waals surface area contributed by atoms with Crippen LogP contribution in [-0.2, 0) is 9.59 Å². The largest absolute Gasteiger partial charge is 0.479 e. The SMILES string of the molecule is CC1(C(=O)O)CC(C(=O)O)=NN1c1ccc(Cl)cc1Cl.CCN(C(=O)n1nnn(-c2ccccc2Cl)c1=O)C1CCCCC1. The van der Waals surface area contributed by atoms with Gasteiger partial charge >= 0.3 is 23.7 Å². The van der Waals surface area contributed by atoms with Crippen LogP contribution in [0.4, 0.5) is 10.5 Å². The number of tetrazole rings is 1. The molecule has 1 saturated carbocycles. The summed E-state index contributed by atoms with van der Waals surface area (Å²) in [5.74, 6) is -2.45. The molecule has 3 aromatic rings. The monoisotopic (exact) mass is 665 g/mol. The highest BCUT2D eigenvalue weighted by molar-refractivity contribution is 6.38. The van der Waals surface area contributed by atoms with Gasteiger partial charge in [0.2, 0.25) is 0 Å². The highest BCUT2D eigenvalue weighted by atomic mass is 35.5. The van der Waals surface area contributed by atoms with Crippen LogP contribution in [0.15, 0.2) is 52.4 Å². The summed E-state index contributed by atoms with van der Waals surface area (Å²) in [6.45, 7) is 3.84. The molecule has 0 bridgehead atoms. The third-order valence-corrected chi connectivity index (χ3v) is 8.35. The molecule has 5 rings (SSSR count). The number of carboxylic acids is 2. The van der Waals surface area contributed by atoms with Crippen molar-refractivity contribution >= 4 is 64.2 Å². The molecule has 16 heteroatoms. The van der Waals surface area contributed by atoms with E-state index in [0.717, 1.165) is 40.1 Å². The summed E-state index contributed by atoms with van der Waals surface area (Å²) >= 11 is 17.9. The summed E-state index contributed by atoms with van der Waals surface area (Å²) < 4.78 is 1.87. The highest BCUT2D eigenvalue weighted by Gasteiger charge is 2.48. The Kier molecular flexibility index (Phi) is 10.3. The molecule has 1 aromatic heterocycles. The van der Waals surface area contributed by atoms with E-state index in [1.165, 1.54) is 31.5 Å². The number of aliphatic carboxylic acids is 2. The van der Waals surface area contributed by atoms with Crippen molar-refractivity contribution in [2.45, 2.75) is 64.0 Å². The molecule has 1 fully saturated rings. The number of carboxylic acid groups (broad SMARTS) is 2. The minimum atomic E-state index is -1.51. The predicted molar refractivity (Wildman–Crippen MR) is 165 cm³/mol. The van der Waals surface area contributed by atoms with Crippen molar-refractivity contribution in [2.75, 3.05) is 11.6 Å². The third-order valence-electron chi connectivity index (χ3n) is 7.49. The van der Waals surface area contributed by atoms with Crippen molar-refractivity contribution in [3.8, 4) is 5.69 Å². The average Bonchev–Trinajstić information content (AvgIpc) is 3.55. The average molecular weight is 667 g/mol. The molecule has 1 aliphatic heterocycles. The Balaban J connectivity index is 0.000000204. The van der Waals surface area contributed by atoms with Gasteiger partial charge in [-0.1, -0.05) is 66.2 Å². The normalized spacial score (nSPS) is 18.3. The van der Waals surface area contributed by atoms with Gasteiger partial charge in [-0.2, -0.15) is 9.78 Å². The van der Waals surface area contributed by atoms with E-state index < -0.39 is 29.2 Å². The fraction of sp³-hybridized carbons (Fsp3) is 0.393. The van der Waals surface area contributed by atoms with Crippen LogP contribution in [0.1, 0.15) is 52.4 Å². The summed E-state index contributed by atoms with van der Waals surface area (Å²) in [5.41, 5.74) is -1.66. The van der Waals surface area contributed by atoms with E-state index in [0.29, 0.717) is 22.3 Å². The molecule has 2 aromatic carbocycles. The van der Waals surface area contributed by atoms with Gasteiger partial charge in [0.25, 0.3) is 0 Å². The highest BCUT2D eigenvalue weighted by Crippen LogP contribution is 2.38. The lowest BCUT2D eigenvalue weighted by atomic mass is 9.94. The Morgan fingerprint density at radius 2 is 1.66 bits per heavy atom. The number of hydrogen-bond acceptors (Lipinski definition) is 8. The number of hydrazone groups is 1. The summed E-state index contributed by atoms with van der Waals surface area (Å²) in [5, 5.41) is 31.9. The number of benzene rings is 2. The summed E-state index contributed by atoms with van der Waals surface area (Å²) in [6.07, 6.45) is 5.12. The molecule has 0 spiro atoms. The van der Waals surface area contributed by atoms with Crippen molar-refractivity contribution < 1.29 is 24.6 Å². The molecule has 2 aliphatic rings. The van der Waals surface area contributed by atoms with Crippen LogP contribution in [0.2, 0.25) is 15.1 Å². The van der Waals surface area contributed by atoms with E-state index in [1.807, 2.05) is 6.92 Å². The lowest BCUT2D eigenvalue weighted by Crippen LogP contribution is -2.47. The molecular formula is C28H30Cl3N7O6. The Morgan fingerprint density at radius 3 is 2.25 bits per heavy atom. The van der Waals surface area contributed by atoms with Crippen LogP contribution in [-0.4, -0.2) is 76.7 Å². The molecule has 1 atom stereocenters. The van der Waals surface area contributed by atoms with Crippen molar-refractivity contribution in [2.24, 2.45) is 5.10 Å². The number of aromatic nitrogens is 4. The molecular weight excluding hydrogens is 637 g/mol. The Morgan fingerprint density at radius 1 is 0.977 bits per heavy atom. The van der Waals surface area contributed by atoms with Crippen LogP contribution in [0.3, 0.4) is 0 Å². The second-order valence-electron chi connectivity index (χ2n) is 10.4. The van der Waals surface area contributed by atoms with Crippen LogP contribution < -0.4 is 10.7 Å². The maximum absolute atomic E-state index is 12.8. The van der Waals surface area contributed by atoms with Gasteiger partial charge in [-0.15, -0.1) is 4.68 Å². The van der Waals surface area contributed by atoms with Crippen LogP contribution in [0, 0.1) is 0 Å². The molecule has 44 heavy (non-hydrogen) atoms. The lowest BCUT2D eigenvalue weighted by Gasteiger charge is -2.32. The first-order chi connectivity index (χ1) is 20.9. The van der Waals surface area contributed by atoms with Crippen molar-refractivity contribution in [1.29, 1.82) is 0 Å². The first-order valence-electron chi connectivity index (χ1n) is 13.8. The van der Waals surface area contributed by atoms with Gasteiger partial charge in [0.15, 0.2) is 5.54 Å². The number of carbonyl (C=O) groups excluding carboxylic acids is 1. The lowest BCUT2D eigenvalue weighted by molar-refractivity contribution is -0.142. The number of rotatable bonds is 6. The number of anilines is 1. The van der Waals surface area contributed by atoms with E-state index in [-0.39, 0.29) is 28.9 Å². The number of para-hydroxylation sites is 1. The van der Waals surface area contributed by atoms with Gasteiger partial charge < -0.3 is 15.1 Å². The van der Waals surface area contributed by atoms with Gasteiger partial charge in [0.05, 0.1) is 21.4 Å².